The van der Waals surface area contributed by atoms with E-state index in [9.17, 15) is 4.79 Å². The molecule has 1 heterocycles. The van der Waals surface area contributed by atoms with E-state index < -0.39 is 0 Å². The van der Waals surface area contributed by atoms with Crippen LogP contribution in [-0.2, 0) is 4.79 Å². The summed E-state index contributed by atoms with van der Waals surface area (Å²) in [5.41, 5.74) is 0.740. The van der Waals surface area contributed by atoms with Crippen LogP contribution in [0.1, 0.15) is 26.2 Å². The Morgan fingerprint density at radius 3 is 3.00 bits per heavy atom. The number of benzene rings is 1. The molecule has 1 unspecified atom stereocenters. The molecule has 6 heteroatoms. The zero-order chi connectivity index (χ0) is 14.4. The molecule has 118 valence electrons. The van der Waals surface area contributed by atoms with Gasteiger partial charge in [-0.05, 0) is 57.0 Å². The Balaban J connectivity index is 0.00000220. The van der Waals surface area contributed by atoms with Crippen LogP contribution in [0.25, 0.3) is 0 Å². The summed E-state index contributed by atoms with van der Waals surface area (Å²) in [6, 6.07) is 5.64. The van der Waals surface area contributed by atoms with Crippen LogP contribution >= 0.6 is 28.3 Å². The van der Waals surface area contributed by atoms with E-state index in [-0.39, 0.29) is 18.3 Å². The molecule has 4 nitrogen and oxygen atoms in total. The second-order valence-electron chi connectivity index (χ2n) is 5.02. The maximum atomic E-state index is 12.0. The van der Waals surface area contributed by atoms with Gasteiger partial charge in [-0.15, -0.1) is 12.4 Å². The van der Waals surface area contributed by atoms with Gasteiger partial charge in [-0.25, -0.2) is 0 Å². The molecule has 1 aromatic carbocycles. The van der Waals surface area contributed by atoms with Crippen molar-refractivity contribution in [2.75, 3.05) is 25.0 Å². The summed E-state index contributed by atoms with van der Waals surface area (Å²) in [5, 5.41) is 6.26. The van der Waals surface area contributed by atoms with E-state index in [0.29, 0.717) is 24.7 Å². The van der Waals surface area contributed by atoms with Crippen molar-refractivity contribution in [1.82, 2.24) is 5.32 Å². The van der Waals surface area contributed by atoms with Gasteiger partial charge in [-0.3, -0.25) is 4.79 Å². The number of carbonyl (C=O) groups is 1. The summed E-state index contributed by atoms with van der Waals surface area (Å²) in [5.74, 6) is 1.40. The van der Waals surface area contributed by atoms with Crippen molar-refractivity contribution in [2.45, 2.75) is 26.2 Å². The average molecular weight is 378 g/mol. The quantitative estimate of drug-likeness (QED) is 0.796. The van der Waals surface area contributed by atoms with Gasteiger partial charge < -0.3 is 15.4 Å². The van der Waals surface area contributed by atoms with Crippen molar-refractivity contribution in [3.8, 4) is 5.75 Å². The van der Waals surface area contributed by atoms with Crippen LogP contribution < -0.4 is 15.4 Å². The minimum absolute atomic E-state index is 0. The molecule has 1 aliphatic heterocycles. The lowest BCUT2D eigenvalue weighted by molar-refractivity contribution is -0.116. The third-order valence-electron chi connectivity index (χ3n) is 3.46. The predicted octanol–water partition coefficient (Wildman–Crippen LogP) is 3.60. The lowest BCUT2D eigenvalue weighted by Crippen LogP contribution is -2.15. The molecule has 1 amide bonds. The summed E-state index contributed by atoms with van der Waals surface area (Å²) in [7, 11) is 0. The minimum Gasteiger partial charge on any atom is -0.492 e. The monoisotopic (exact) mass is 376 g/mol. The number of carbonyl (C=O) groups excluding carboxylic acids is 1. The minimum atomic E-state index is 0. The predicted molar refractivity (Wildman–Crippen MR) is 91.4 cm³/mol. The van der Waals surface area contributed by atoms with Gasteiger partial charge in [0, 0.05) is 10.9 Å². The standard InChI is InChI=1S/C15H21BrN2O2.ClH/c1-2-20-14-9-12(16)4-5-13(14)18-15(19)6-3-11-7-8-17-10-11;/h4-5,9,11,17H,2-3,6-8,10H2,1H3,(H,18,19);1H. The van der Waals surface area contributed by atoms with E-state index in [2.05, 4.69) is 26.6 Å². The van der Waals surface area contributed by atoms with E-state index >= 15 is 0 Å². The molecule has 1 aliphatic rings. The van der Waals surface area contributed by atoms with E-state index in [1.54, 1.807) is 0 Å². The number of anilines is 1. The van der Waals surface area contributed by atoms with Crippen molar-refractivity contribution < 1.29 is 9.53 Å². The maximum Gasteiger partial charge on any atom is 0.224 e. The number of hydrogen-bond acceptors (Lipinski definition) is 3. The lowest BCUT2D eigenvalue weighted by Gasteiger charge is -2.13. The summed E-state index contributed by atoms with van der Waals surface area (Å²) in [6.45, 7) is 4.62. The number of hydrogen-bond donors (Lipinski definition) is 2. The highest BCUT2D eigenvalue weighted by Crippen LogP contribution is 2.28. The van der Waals surface area contributed by atoms with Crippen molar-refractivity contribution in [1.29, 1.82) is 0 Å². The second kappa shape index (κ2) is 9.28. The molecule has 1 fully saturated rings. The van der Waals surface area contributed by atoms with Crippen molar-refractivity contribution in [2.24, 2.45) is 5.92 Å². The third-order valence-corrected chi connectivity index (χ3v) is 3.95. The topological polar surface area (TPSA) is 50.4 Å². The second-order valence-corrected chi connectivity index (χ2v) is 5.93. The van der Waals surface area contributed by atoms with E-state index in [1.807, 2.05) is 25.1 Å². The highest BCUT2D eigenvalue weighted by atomic mass is 79.9. The Bertz CT molecular complexity index is 465. The fourth-order valence-electron chi connectivity index (χ4n) is 2.38. The maximum absolute atomic E-state index is 12.0. The Morgan fingerprint density at radius 1 is 1.52 bits per heavy atom. The van der Waals surface area contributed by atoms with Gasteiger partial charge in [0.1, 0.15) is 5.75 Å². The molecule has 1 aromatic rings. The first-order valence-corrected chi connectivity index (χ1v) is 7.91. The molecular weight excluding hydrogens is 356 g/mol. The number of ether oxygens (including phenoxy) is 1. The number of nitrogens with one attached hydrogen (secondary N) is 2. The van der Waals surface area contributed by atoms with Gasteiger partial charge in [0.15, 0.2) is 0 Å². The van der Waals surface area contributed by atoms with Crippen LogP contribution in [0.15, 0.2) is 22.7 Å². The summed E-state index contributed by atoms with van der Waals surface area (Å²) < 4.78 is 6.48. The molecule has 1 saturated heterocycles. The van der Waals surface area contributed by atoms with Crippen LogP contribution in [0, 0.1) is 5.92 Å². The van der Waals surface area contributed by atoms with Gasteiger partial charge in [0.25, 0.3) is 0 Å². The number of halogens is 2. The molecule has 0 radical (unpaired) electrons. The Labute approximate surface area is 140 Å². The number of amides is 1. The lowest BCUT2D eigenvalue weighted by atomic mass is 10.0. The third kappa shape index (κ3) is 5.85. The summed E-state index contributed by atoms with van der Waals surface area (Å²) >= 11 is 3.41. The summed E-state index contributed by atoms with van der Waals surface area (Å²) in [4.78, 5) is 12.0. The largest absolute Gasteiger partial charge is 0.492 e. The zero-order valence-corrected chi connectivity index (χ0v) is 14.6. The van der Waals surface area contributed by atoms with Crippen LogP contribution in [0.5, 0.6) is 5.75 Å². The number of rotatable bonds is 6. The highest BCUT2D eigenvalue weighted by molar-refractivity contribution is 9.10. The smallest absolute Gasteiger partial charge is 0.224 e. The normalized spacial score (nSPS) is 17.1. The van der Waals surface area contributed by atoms with Gasteiger partial charge in [-0.1, -0.05) is 15.9 Å². The first kappa shape index (κ1) is 18.3. The Kier molecular flexibility index (Phi) is 8.07. The van der Waals surface area contributed by atoms with E-state index in [4.69, 9.17) is 4.74 Å². The van der Waals surface area contributed by atoms with Crippen LogP contribution in [0.2, 0.25) is 0 Å². The van der Waals surface area contributed by atoms with Gasteiger partial charge >= 0.3 is 0 Å². The van der Waals surface area contributed by atoms with Crippen LogP contribution in [-0.4, -0.2) is 25.6 Å². The van der Waals surface area contributed by atoms with Gasteiger partial charge in [-0.2, -0.15) is 0 Å². The van der Waals surface area contributed by atoms with E-state index in [0.717, 1.165) is 29.7 Å². The van der Waals surface area contributed by atoms with Crippen molar-refractivity contribution in [3.05, 3.63) is 22.7 Å². The average Bonchev–Trinajstić information content (AvgIpc) is 2.93. The SMILES string of the molecule is CCOc1cc(Br)ccc1NC(=O)CCC1CCNC1.Cl. The molecule has 2 N–H and O–H groups in total. The first-order valence-electron chi connectivity index (χ1n) is 7.12. The van der Waals surface area contributed by atoms with Gasteiger partial charge in [0.05, 0.1) is 12.3 Å². The molecule has 1 atom stereocenters. The Morgan fingerprint density at radius 2 is 2.33 bits per heavy atom. The van der Waals surface area contributed by atoms with Crippen molar-refractivity contribution in [3.63, 3.8) is 0 Å². The fraction of sp³-hybridized carbons (Fsp3) is 0.533. The molecule has 0 saturated carbocycles. The fourth-order valence-corrected chi connectivity index (χ4v) is 2.72. The Hall–Kier alpha value is -0.780. The molecule has 0 aromatic heterocycles. The first-order chi connectivity index (χ1) is 9.69. The molecular formula is C15H22BrClN2O2. The zero-order valence-electron chi connectivity index (χ0n) is 12.2. The summed E-state index contributed by atoms with van der Waals surface area (Å²) in [6.07, 6.45) is 2.68. The molecule has 2 rings (SSSR count). The van der Waals surface area contributed by atoms with E-state index in [1.165, 1.54) is 6.42 Å². The molecule has 0 spiro atoms. The van der Waals surface area contributed by atoms with Crippen molar-refractivity contribution >= 4 is 39.9 Å². The van der Waals surface area contributed by atoms with Crippen LogP contribution in [0.4, 0.5) is 5.69 Å². The van der Waals surface area contributed by atoms with Gasteiger partial charge in [0.2, 0.25) is 5.91 Å². The molecule has 0 bridgehead atoms. The highest BCUT2D eigenvalue weighted by Gasteiger charge is 2.16. The van der Waals surface area contributed by atoms with Crippen LogP contribution in [0.3, 0.4) is 0 Å². The molecule has 21 heavy (non-hydrogen) atoms. The molecule has 0 aliphatic carbocycles.